The van der Waals surface area contributed by atoms with Crippen LogP contribution in [0.4, 0.5) is 0 Å². The number of hydrogen-bond acceptors (Lipinski definition) is 4. The Hall–Kier alpha value is -0.650. The van der Waals surface area contributed by atoms with E-state index in [4.69, 9.17) is 4.74 Å². The summed E-state index contributed by atoms with van der Waals surface area (Å²) in [5.41, 5.74) is -0.773. The van der Waals surface area contributed by atoms with Crippen molar-refractivity contribution in [3.8, 4) is 0 Å². The van der Waals surface area contributed by atoms with Gasteiger partial charge in [-0.15, -0.1) is 0 Å². The minimum Gasteiger partial charge on any atom is -0.480 e. The lowest BCUT2D eigenvalue weighted by Gasteiger charge is -2.36. The summed E-state index contributed by atoms with van der Waals surface area (Å²) in [6.07, 6.45) is 4.35. The number of nitrogens with one attached hydrogen (secondary N) is 1. The highest BCUT2D eigenvalue weighted by atomic mass is 16.5. The summed E-state index contributed by atoms with van der Waals surface area (Å²) < 4.78 is 5.71. The zero-order valence-corrected chi connectivity index (χ0v) is 12.9. The van der Waals surface area contributed by atoms with Gasteiger partial charge in [-0.25, -0.2) is 0 Å². The van der Waals surface area contributed by atoms with Crippen molar-refractivity contribution >= 4 is 5.97 Å². The van der Waals surface area contributed by atoms with Gasteiger partial charge in [-0.05, 0) is 53.0 Å². The lowest BCUT2D eigenvalue weighted by Crippen LogP contribution is -2.51. The molecule has 3 atom stereocenters. The molecular formula is C15H28N2O3. The number of carboxylic acids is 1. The second kappa shape index (κ2) is 6.41. The van der Waals surface area contributed by atoms with Gasteiger partial charge in [-0.3, -0.25) is 15.0 Å². The zero-order valence-electron chi connectivity index (χ0n) is 12.9. The van der Waals surface area contributed by atoms with Crippen LogP contribution in [0.2, 0.25) is 0 Å². The Morgan fingerprint density at radius 1 is 1.35 bits per heavy atom. The predicted molar refractivity (Wildman–Crippen MR) is 77.9 cm³/mol. The normalized spacial score (nSPS) is 30.9. The van der Waals surface area contributed by atoms with Crippen LogP contribution in [0.1, 0.15) is 46.5 Å². The molecule has 0 radical (unpaired) electrons. The maximum Gasteiger partial charge on any atom is 0.323 e. The molecule has 1 aliphatic carbocycles. The second-order valence-electron chi connectivity index (χ2n) is 6.68. The molecule has 2 fully saturated rings. The quantitative estimate of drug-likeness (QED) is 0.741. The first-order valence-corrected chi connectivity index (χ1v) is 7.78. The molecule has 1 saturated heterocycles. The standard InChI is InChI=1S/C15H28N2O3/c1-11-9-17(10-12(2)20-11)8-4-7-15(3,14(18)19)16-13-5-6-13/h11-13,16H,4-10H2,1-3H3,(H,18,19). The highest BCUT2D eigenvalue weighted by Crippen LogP contribution is 2.25. The molecule has 0 bridgehead atoms. The van der Waals surface area contributed by atoms with Gasteiger partial charge < -0.3 is 9.84 Å². The molecule has 1 aliphatic heterocycles. The highest BCUT2D eigenvalue weighted by molar-refractivity contribution is 5.78. The van der Waals surface area contributed by atoms with E-state index in [9.17, 15) is 9.90 Å². The summed E-state index contributed by atoms with van der Waals surface area (Å²) in [6, 6.07) is 0.416. The highest BCUT2D eigenvalue weighted by Gasteiger charge is 2.38. The Morgan fingerprint density at radius 2 is 1.95 bits per heavy atom. The first-order valence-electron chi connectivity index (χ1n) is 7.78. The Morgan fingerprint density at radius 3 is 2.45 bits per heavy atom. The van der Waals surface area contributed by atoms with E-state index in [1.165, 1.54) is 0 Å². The van der Waals surface area contributed by atoms with Crippen molar-refractivity contribution in [3.63, 3.8) is 0 Å². The van der Waals surface area contributed by atoms with Gasteiger partial charge in [0, 0.05) is 19.1 Å². The van der Waals surface area contributed by atoms with E-state index in [0.29, 0.717) is 12.5 Å². The molecule has 0 spiro atoms. The molecular weight excluding hydrogens is 256 g/mol. The predicted octanol–water partition coefficient (Wildman–Crippen LogP) is 1.47. The molecule has 1 heterocycles. The monoisotopic (exact) mass is 284 g/mol. The molecule has 5 nitrogen and oxygen atoms in total. The lowest BCUT2D eigenvalue weighted by atomic mass is 9.95. The number of aliphatic carboxylic acids is 1. The van der Waals surface area contributed by atoms with Crippen LogP contribution in [0.25, 0.3) is 0 Å². The fourth-order valence-corrected chi connectivity index (χ4v) is 3.04. The molecule has 0 aromatic rings. The van der Waals surface area contributed by atoms with Crippen molar-refractivity contribution in [2.24, 2.45) is 0 Å². The summed E-state index contributed by atoms with van der Waals surface area (Å²) >= 11 is 0. The van der Waals surface area contributed by atoms with Crippen LogP contribution in [0.3, 0.4) is 0 Å². The van der Waals surface area contributed by atoms with E-state index >= 15 is 0 Å². The molecule has 2 aliphatic rings. The molecule has 2 N–H and O–H groups in total. The largest absolute Gasteiger partial charge is 0.480 e. The van der Waals surface area contributed by atoms with Gasteiger partial charge in [0.05, 0.1) is 12.2 Å². The molecule has 0 aromatic carbocycles. The molecule has 0 amide bonds. The van der Waals surface area contributed by atoms with Crippen molar-refractivity contribution in [3.05, 3.63) is 0 Å². The summed E-state index contributed by atoms with van der Waals surface area (Å²) in [4.78, 5) is 13.9. The van der Waals surface area contributed by atoms with Gasteiger partial charge in [-0.1, -0.05) is 0 Å². The van der Waals surface area contributed by atoms with Crippen molar-refractivity contribution in [1.82, 2.24) is 10.2 Å². The van der Waals surface area contributed by atoms with E-state index in [1.807, 2.05) is 6.92 Å². The summed E-state index contributed by atoms with van der Waals surface area (Å²) in [7, 11) is 0. The topological polar surface area (TPSA) is 61.8 Å². The molecule has 116 valence electrons. The van der Waals surface area contributed by atoms with E-state index < -0.39 is 11.5 Å². The van der Waals surface area contributed by atoms with Crippen LogP contribution in [0.15, 0.2) is 0 Å². The molecule has 3 unspecified atom stereocenters. The minimum absolute atomic E-state index is 0.272. The van der Waals surface area contributed by atoms with Crippen LogP contribution in [0, 0.1) is 0 Å². The minimum atomic E-state index is -0.773. The van der Waals surface area contributed by atoms with Crippen LogP contribution in [-0.4, -0.2) is 59.4 Å². The smallest absolute Gasteiger partial charge is 0.323 e. The Kier molecular flexibility index (Phi) is 5.04. The van der Waals surface area contributed by atoms with E-state index in [1.54, 1.807) is 0 Å². The third-order valence-corrected chi connectivity index (χ3v) is 4.22. The molecule has 20 heavy (non-hydrogen) atoms. The number of morpholine rings is 1. The number of carbonyl (C=O) groups is 1. The molecule has 1 saturated carbocycles. The fraction of sp³-hybridized carbons (Fsp3) is 0.933. The van der Waals surface area contributed by atoms with Crippen molar-refractivity contribution in [2.75, 3.05) is 19.6 Å². The van der Waals surface area contributed by atoms with Crippen LogP contribution in [0.5, 0.6) is 0 Å². The fourth-order valence-electron chi connectivity index (χ4n) is 3.04. The Labute approximate surface area is 121 Å². The molecule has 0 aromatic heterocycles. The lowest BCUT2D eigenvalue weighted by molar-refractivity contribution is -0.144. The summed E-state index contributed by atoms with van der Waals surface area (Å²) in [5.74, 6) is -0.729. The maximum absolute atomic E-state index is 11.5. The maximum atomic E-state index is 11.5. The first kappa shape index (κ1) is 15.7. The third kappa shape index (κ3) is 4.43. The summed E-state index contributed by atoms with van der Waals surface area (Å²) in [6.45, 7) is 8.86. The van der Waals surface area contributed by atoms with E-state index in [2.05, 4.69) is 24.1 Å². The van der Waals surface area contributed by atoms with Crippen LogP contribution in [-0.2, 0) is 9.53 Å². The Balaban J connectivity index is 1.76. The van der Waals surface area contributed by atoms with E-state index in [0.717, 1.165) is 38.9 Å². The number of ether oxygens (including phenoxy) is 1. The van der Waals surface area contributed by atoms with E-state index in [-0.39, 0.29) is 12.2 Å². The molecule has 5 heteroatoms. The van der Waals surface area contributed by atoms with Gasteiger partial charge >= 0.3 is 5.97 Å². The average molecular weight is 284 g/mol. The van der Waals surface area contributed by atoms with Gasteiger partial charge in [0.2, 0.25) is 0 Å². The van der Waals surface area contributed by atoms with Crippen molar-refractivity contribution in [2.45, 2.75) is 70.2 Å². The zero-order chi connectivity index (χ0) is 14.8. The average Bonchev–Trinajstić information content (AvgIpc) is 3.11. The second-order valence-corrected chi connectivity index (χ2v) is 6.68. The first-order chi connectivity index (χ1) is 9.39. The van der Waals surface area contributed by atoms with Gasteiger partial charge in [0.15, 0.2) is 0 Å². The third-order valence-electron chi connectivity index (χ3n) is 4.22. The van der Waals surface area contributed by atoms with Crippen molar-refractivity contribution < 1.29 is 14.6 Å². The van der Waals surface area contributed by atoms with Gasteiger partial charge in [0.1, 0.15) is 5.54 Å². The van der Waals surface area contributed by atoms with Crippen molar-refractivity contribution in [1.29, 1.82) is 0 Å². The number of carboxylic acid groups (broad SMARTS) is 1. The van der Waals surface area contributed by atoms with Crippen LogP contribution < -0.4 is 5.32 Å². The summed E-state index contributed by atoms with van der Waals surface area (Å²) in [5, 5.41) is 12.7. The molecule has 2 rings (SSSR count). The number of nitrogens with zero attached hydrogens (tertiary/aromatic N) is 1. The Bertz CT molecular complexity index is 336. The van der Waals surface area contributed by atoms with Crippen LogP contribution >= 0.6 is 0 Å². The van der Waals surface area contributed by atoms with Gasteiger partial charge in [0.25, 0.3) is 0 Å². The number of hydrogen-bond donors (Lipinski definition) is 2. The van der Waals surface area contributed by atoms with Gasteiger partial charge in [-0.2, -0.15) is 0 Å². The SMILES string of the molecule is CC1CN(CCCC(C)(NC2CC2)C(=O)O)CC(C)O1. The number of rotatable bonds is 7.